The average Bonchev–Trinajstić information content (AvgIpc) is 2.91. The molecule has 0 aliphatic carbocycles. The lowest BCUT2D eigenvalue weighted by molar-refractivity contribution is -0.359. The summed E-state index contributed by atoms with van der Waals surface area (Å²) in [7, 11) is 1.26. The number of pyridine rings is 1. The molecule has 0 fully saturated rings. The van der Waals surface area contributed by atoms with E-state index in [2.05, 4.69) is 15.6 Å². The Balaban J connectivity index is 2.39. The molecular weight excluding hydrogens is 646 g/mol. The number of anilines is 2. The minimum atomic E-state index is -6.65. The van der Waals surface area contributed by atoms with Gasteiger partial charge in [-0.05, 0) is 63.7 Å². The Morgan fingerprint density at radius 1 is 1.09 bits per heavy atom. The number of nitrogens with zero attached hydrogens (tertiary/aromatic N) is 3. The number of amides is 1. The topological polar surface area (TPSA) is 160 Å². The normalized spacial score (nSPS) is 13.5. The molecule has 0 aliphatic rings. The molecule has 0 atom stereocenters. The van der Waals surface area contributed by atoms with Crippen LogP contribution in [0.15, 0.2) is 40.5 Å². The zero-order valence-electron chi connectivity index (χ0n) is 24.4. The van der Waals surface area contributed by atoms with Crippen LogP contribution >= 0.6 is 11.8 Å². The van der Waals surface area contributed by atoms with E-state index in [0.717, 1.165) is 16.8 Å². The Labute approximate surface area is 256 Å². The highest BCUT2D eigenvalue weighted by Crippen LogP contribution is 2.51. The van der Waals surface area contributed by atoms with Crippen LogP contribution in [0.25, 0.3) is 0 Å². The van der Waals surface area contributed by atoms with Crippen molar-refractivity contribution < 1.29 is 54.6 Å². The maximum Gasteiger partial charge on any atom is 0.460 e. The maximum absolute atomic E-state index is 14.7. The number of rotatable bonds is 12. The van der Waals surface area contributed by atoms with Crippen molar-refractivity contribution in [3.63, 3.8) is 0 Å². The number of hydrogen-bond acceptors (Lipinski definition) is 10. The summed E-state index contributed by atoms with van der Waals surface area (Å²) in [4.78, 5) is 21.2. The fourth-order valence-electron chi connectivity index (χ4n) is 3.33. The summed E-state index contributed by atoms with van der Waals surface area (Å²) in [6, 6.07) is 3.74. The third kappa shape index (κ3) is 9.06. The zero-order valence-corrected chi connectivity index (χ0v) is 25.2. The van der Waals surface area contributed by atoms with Crippen molar-refractivity contribution in [2.75, 3.05) is 31.1 Å². The number of hydrazone groups is 1. The van der Waals surface area contributed by atoms with E-state index >= 15 is 0 Å². The van der Waals surface area contributed by atoms with Crippen molar-refractivity contribution in [2.45, 2.75) is 61.8 Å². The number of nitrogens with one attached hydrogen (secondary N) is 2. The molecule has 0 saturated carbocycles. The monoisotopic (exact) mass is 677 g/mol. The van der Waals surface area contributed by atoms with Crippen LogP contribution in [-0.4, -0.2) is 69.7 Å². The van der Waals surface area contributed by atoms with Crippen molar-refractivity contribution in [3.05, 3.63) is 47.4 Å². The molecule has 1 aromatic heterocycles. The molecule has 1 amide bonds. The molecule has 0 aliphatic heterocycles. The number of aromatic nitrogens is 1. The van der Waals surface area contributed by atoms with Crippen LogP contribution in [0, 0.1) is 5.82 Å². The molecule has 0 spiro atoms. The van der Waals surface area contributed by atoms with Gasteiger partial charge in [-0.1, -0.05) is 0 Å². The average molecular weight is 678 g/mol. The molecule has 1 heterocycles. The first-order valence-corrected chi connectivity index (χ1v) is 13.3. The smallest absolute Gasteiger partial charge is 0.388 e. The second-order valence-corrected chi connectivity index (χ2v) is 11.7. The number of carbonyl (C=O) groups excluding carboxylic acids is 1. The van der Waals surface area contributed by atoms with Crippen molar-refractivity contribution in [2.24, 2.45) is 16.8 Å². The molecular formula is C25H31F8N7O4S. The molecule has 0 bridgehead atoms. The first kappa shape index (κ1) is 37.7. The van der Waals surface area contributed by atoms with Crippen LogP contribution in [0.1, 0.15) is 43.6 Å². The second-order valence-electron chi connectivity index (χ2n) is 10.7. The largest absolute Gasteiger partial charge is 0.460 e. The molecule has 0 radical (unpaired) electrons. The predicted molar refractivity (Wildman–Crippen MR) is 149 cm³/mol. The van der Waals surface area contributed by atoms with E-state index < -0.39 is 52.3 Å². The number of hydrazine groups is 1. The van der Waals surface area contributed by atoms with Crippen molar-refractivity contribution >= 4 is 34.3 Å². The first-order chi connectivity index (χ1) is 20.5. The minimum absolute atomic E-state index is 0.00794. The Hall–Kier alpha value is -3.46. The van der Waals surface area contributed by atoms with Gasteiger partial charge in [-0.3, -0.25) is 20.1 Å². The lowest BCUT2D eigenvalue weighted by Crippen LogP contribution is -2.54. The number of halogens is 8. The number of benzene rings is 1. The van der Waals surface area contributed by atoms with Crippen LogP contribution in [-0.2, 0) is 15.5 Å². The molecule has 1 aromatic carbocycles. The molecule has 2 aromatic rings. The van der Waals surface area contributed by atoms with Crippen LogP contribution < -0.4 is 22.5 Å². The van der Waals surface area contributed by atoms with Crippen molar-refractivity contribution in [1.82, 2.24) is 9.99 Å². The summed E-state index contributed by atoms with van der Waals surface area (Å²) in [6.45, 7) is 6.36. The molecule has 45 heavy (non-hydrogen) atoms. The van der Waals surface area contributed by atoms with Crippen molar-refractivity contribution in [3.8, 4) is 0 Å². The second kappa shape index (κ2) is 13.9. The maximum atomic E-state index is 14.7. The van der Waals surface area contributed by atoms with Gasteiger partial charge in [-0.25, -0.2) is 15.2 Å². The number of ether oxygens (including phenoxy) is 1. The lowest BCUT2D eigenvalue weighted by Gasteiger charge is -2.36. The molecule has 0 unspecified atom stereocenters. The highest BCUT2D eigenvalue weighted by molar-refractivity contribution is 8.13. The molecule has 11 nitrogen and oxygen atoms in total. The highest BCUT2D eigenvalue weighted by Gasteiger charge is 2.73. The van der Waals surface area contributed by atoms with Gasteiger partial charge >= 0.3 is 18.0 Å². The number of aliphatic hydroxyl groups is 1. The summed E-state index contributed by atoms with van der Waals surface area (Å²) in [6.07, 6.45) is -6.77. The fourth-order valence-corrected chi connectivity index (χ4v) is 4.32. The molecule has 20 heteroatoms. The van der Waals surface area contributed by atoms with Gasteiger partial charge in [0, 0.05) is 16.7 Å². The summed E-state index contributed by atoms with van der Waals surface area (Å²) < 4.78 is 113. The van der Waals surface area contributed by atoms with E-state index in [0.29, 0.717) is 0 Å². The third-order valence-electron chi connectivity index (χ3n) is 5.71. The van der Waals surface area contributed by atoms with E-state index in [9.17, 15) is 45.0 Å². The highest BCUT2D eigenvalue weighted by atomic mass is 32.2. The van der Waals surface area contributed by atoms with Crippen molar-refractivity contribution in [1.29, 1.82) is 0 Å². The SMILES string of the molecule is CONc1ccc(S/C(=N/N)N(N)C(C)(C)COCC(C)(C)O)c(C(=O)Nc2ncc(C(F)(F)C(F)(F)C(F)(F)F)cc2F)c1. The molecule has 2 rings (SSSR count). The van der Waals surface area contributed by atoms with Gasteiger partial charge in [-0.15, -0.1) is 0 Å². The molecule has 0 saturated heterocycles. The number of nitrogens with two attached hydrogens (primary N) is 2. The van der Waals surface area contributed by atoms with E-state index in [-0.39, 0.29) is 46.8 Å². The van der Waals surface area contributed by atoms with Gasteiger partial charge in [0.1, 0.15) is 0 Å². The summed E-state index contributed by atoms with van der Waals surface area (Å²) in [5.74, 6) is -4.65. The van der Waals surface area contributed by atoms with Gasteiger partial charge in [0.2, 0.25) is 5.17 Å². The van der Waals surface area contributed by atoms with E-state index in [4.69, 9.17) is 21.3 Å². The molecule has 252 valence electrons. The number of hydrogen-bond donors (Lipinski definition) is 5. The Kier molecular flexibility index (Phi) is 11.6. The summed E-state index contributed by atoms with van der Waals surface area (Å²) in [5, 5.41) is 16.6. The Morgan fingerprint density at radius 2 is 1.71 bits per heavy atom. The minimum Gasteiger partial charge on any atom is -0.388 e. The number of carbonyl (C=O) groups is 1. The van der Waals surface area contributed by atoms with Gasteiger partial charge in [-0.2, -0.15) is 35.8 Å². The Morgan fingerprint density at radius 3 is 2.22 bits per heavy atom. The van der Waals surface area contributed by atoms with E-state index in [1.807, 2.05) is 5.32 Å². The fraction of sp³-hybridized carbons (Fsp3) is 0.480. The van der Waals surface area contributed by atoms with E-state index in [1.54, 1.807) is 13.8 Å². The number of thioether (sulfide) groups is 1. The first-order valence-electron chi connectivity index (χ1n) is 12.5. The third-order valence-corrected chi connectivity index (χ3v) is 6.77. The number of alkyl halides is 7. The van der Waals surface area contributed by atoms with Crippen LogP contribution in [0.5, 0.6) is 0 Å². The van der Waals surface area contributed by atoms with Crippen LogP contribution in [0.3, 0.4) is 0 Å². The lowest BCUT2D eigenvalue weighted by atomic mass is 10.0. The summed E-state index contributed by atoms with van der Waals surface area (Å²) in [5.41, 5.74) is -1.78. The van der Waals surface area contributed by atoms with Gasteiger partial charge in [0.05, 0.1) is 42.7 Å². The van der Waals surface area contributed by atoms with Gasteiger partial charge in [0.25, 0.3) is 5.91 Å². The van der Waals surface area contributed by atoms with E-state index in [1.165, 1.54) is 39.2 Å². The quantitative estimate of drug-likeness (QED) is 0.0528. The van der Waals surface area contributed by atoms with Crippen LogP contribution in [0.2, 0.25) is 0 Å². The number of amidine groups is 1. The summed E-state index contributed by atoms with van der Waals surface area (Å²) >= 11 is 0.758. The van der Waals surface area contributed by atoms with Gasteiger partial charge in [0.15, 0.2) is 11.6 Å². The molecule has 7 N–H and O–H groups in total. The zero-order chi connectivity index (χ0) is 34.6. The Bertz CT molecular complexity index is 1390. The predicted octanol–water partition coefficient (Wildman–Crippen LogP) is 4.80. The van der Waals surface area contributed by atoms with Crippen LogP contribution in [0.4, 0.5) is 46.6 Å². The van der Waals surface area contributed by atoms with Gasteiger partial charge < -0.3 is 21.0 Å². The standard InChI is InChI=1S/C25H31F8N7O4S/c1-21(2,11-44-12-22(3,4)42)40(35)20(38-34)45-17-7-6-14(39-43-5)9-15(17)19(41)37-18-16(26)8-13(10-36-18)23(27,28)24(29,30)25(31,32)33/h6-10,39,42H,11-12,34-35H2,1-5H3,(H,36,37,41)/b38-20+.